The molecule has 1 heterocycles. The van der Waals surface area contributed by atoms with Crippen LogP contribution in [0.1, 0.15) is 31.7 Å². The van der Waals surface area contributed by atoms with Crippen LogP contribution in [0.5, 0.6) is 0 Å². The summed E-state index contributed by atoms with van der Waals surface area (Å²) < 4.78 is 0. The molecule has 2 rings (SSSR count). The largest absolute Gasteiger partial charge is 0.481 e. The molecular weight excluding hydrogens is 270 g/mol. The van der Waals surface area contributed by atoms with E-state index in [0.29, 0.717) is 17.8 Å². The molecule has 0 bridgehead atoms. The van der Waals surface area contributed by atoms with Gasteiger partial charge in [0.2, 0.25) is 0 Å². The Morgan fingerprint density at radius 3 is 2.85 bits per heavy atom. The second-order valence-corrected chi connectivity index (χ2v) is 6.89. The van der Waals surface area contributed by atoms with Crippen LogP contribution in [0.3, 0.4) is 0 Å². The fraction of sp³-hybridized carbons (Fsp3) is 0.562. The van der Waals surface area contributed by atoms with E-state index in [1.54, 1.807) is 0 Å². The first-order chi connectivity index (χ1) is 9.59. The number of anilines is 1. The standard InChI is InChI=1S/C16H23NO2S/c1-12-6-3-4-7-14(12)17(10-9-16(18)19)15-8-5-11-20-13(15)2/h3-4,6-7,13,15H,5,8-11H2,1-2H3,(H,18,19). The van der Waals surface area contributed by atoms with E-state index in [1.807, 2.05) is 23.9 Å². The van der Waals surface area contributed by atoms with Crippen molar-refractivity contribution in [3.8, 4) is 0 Å². The molecule has 0 saturated carbocycles. The maximum atomic E-state index is 11.0. The molecule has 1 aliphatic rings. The predicted octanol–water partition coefficient (Wildman–Crippen LogP) is 3.56. The number of rotatable bonds is 5. The highest BCUT2D eigenvalue weighted by molar-refractivity contribution is 8.00. The number of para-hydroxylation sites is 1. The van der Waals surface area contributed by atoms with Crippen molar-refractivity contribution in [3.63, 3.8) is 0 Å². The van der Waals surface area contributed by atoms with E-state index in [0.717, 1.165) is 6.42 Å². The minimum absolute atomic E-state index is 0.197. The molecule has 1 saturated heterocycles. The normalized spacial score (nSPS) is 22.5. The number of hydrogen-bond donors (Lipinski definition) is 1. The Balaban J connectivity index is 2.24. The molecule has 110 valence electrons. The van der Waals surface area contributed by atoms with Crippen LogP contribution in [0.4, 0.5) is 5.69 Å². The van der Waals surface area contributed by atoms with Crippen LogP contribution in [-0.4, -0.2) is 34.7 Å². The molecule has 2 unspecified atom stereocenters. The van der Waals surface area contributed by atoms with Gasteiger partial charge in [-0.3, -0.25) is 4.79 Å². The van der Waals surface area contributed by atoms with Crippen molar-refractivity contribution >= 4 is 23.4 Å². The highest BCUT2D eigenvalue weighted by Crippen LogP contribution is 2.33. The van der Waals surface area contributed by atoms with Gasteiger partial charge in [-0.05, 0) is 37.1 Å². The van der Waals surface area contributed by atoms with Gasteiger partial charge in [-0.25, -0.2) is 0 Å². The van der Waals surface area contributed by atoms with E-state index in [4.69, 9.17) is 5.11 Å². The third-order valence-electron chi connectivity index (χ3n) is 3.96. The van der Waals surface area contributed by atoms with Crippen LogP contribution in [0.2, 0.25) is 0 Å². The number of carbonyl (C=O) groups is 1. The lowest BCUT2D eigenvalue weighted by molar-refractivity contribution is -0.136. The fourth-order valence-electron chi connectivity index (χ4n) is 2.88. The van der Waals surface area contributed by atoms with Gasteiger partial charge in [-0.15, -0.1) is 0 Å². The smallest absolute Gasteiger partial charge is 0.305 e. The van der Waals surface area contributed by atoms with Gasteiger partial charge in [0.25, 0.3) is 0 Å². The summed E-state index contributed by atoms with van der Waals surface area (Å²) in [6, 6.07) is 8.73. The Morgan fingerprint density at radius 1 is 1.45 bits per heavy atom. The Bertz CT molecular complexity index is 464. The third kappa shape index (κ3) is 3.69. The van der Waals surface area contributed by atoms with Gasteiger partial charge in [0, 0.05) is 23.5 Å². The van der Waals surface area contributed by atoms with E-state index in [9.17, 15) is 4.79 Å². The maximum absolute atomic E-state index is 11.0. The summed E-state index contributed by atoms with van der Waals surface area (Å²) in [4.78, 5) is 13.3. The van der Waals surface area contributed by atoms with Crippen molar-refractivity contribution in [1.82, 2.24) is 0 Å². The highest BCUT2D eigenvalue weighted by Gasteiger charge is 2.28. The van der Waals surface area contributed by atoms with E-state index in [2.05, 4.69) is 30.9 Å². The minimum Gasteiger partial charge on any atom is -0.481 e. The summed E-state index contributed by atoms with van der Waals surface area (Å²) in [7, 11) is 0. The zero-order chi connectivity index (χ0) is 14.5. The van der Waals surface area contributed by atoms with Gasteiger partial charge in [0.05, 0.1) is 6.42 Å². The number of carboxylic acids is 1. The summed E-state index contributed by atoms with van der Waals surface area (Å²) >= 11 is 2.00. The molecule has 0 spiro atoms. The second-order valence-electron chi connectivity index (χ2n) is 5.41. The van der Waals surface area contributed by atoms with Crippen LogP contribution in [0.25, 0.3) is 0 Å². The van der Waals surface area contributed by atoms with Crippen molar-refractivity contribution in [1.29, 1.82) is 0 Å². The molecule has 2 atom stereocenters. The number of carboxylic acid groups (broad SMARTS) is 1. The Morgan fingerprint density at radius 2 is 2.20 bits per heavy atom. The first-order valence-electron chi connectivity index (χ1n) is 7.25. The van der Waals surface area contributed by atoms with Gasteiger partial charge < -0.3 is 10.0 Å². The number of benzene rings is 1. The van der Waals surface area contributed by atoms with Crippen molar-refractivity contribution < 1.29 is 9.90 Å². The van der Waals surface area contributed by atoms with E-state index in [-0.39, 0.29) is 6.42 Å². The summed E-state index contributed by atoms with van der Waals surface area (Å²) in [5.74, 6) is 0.498. The first-order valence-corrected chi connectivity index (χ1v) is 8.30. The molecule has 3 nitrogen and oxygen atoms in total. The lowest BCUT2D eigenvalue weighted by Crippen LogP contribution is -2.44. The van der Waals surface area contributed by atoms with Crippen LogP contribution >= 0.6 is 11.8 Å². The molecule has 0 aliphatic carbocycles. The van der Waals surface area contributed by atoms with E-state index >= 15 is 0 Å². The molecule has 0 radical (unpaired) electrons. The van der Waals surface area contributed by atoms with Crippen LogP contribution < -0.4 is 4.90 Å². The molecule has 0 amide bonds. The van der Waals surface area contributed by atoms with Crippen molar-refractivity contribution in [2.75, 3.05) is 17.2 Å². The van der Waals surface area contributed by atoms with Gasteiger partial charge >= 0.3 is 5.97 Å². The monoisotopic (exact) mass is 293 g/mol. The van der Waals surface area contributed by atoms with Gasteiger partial charge in [-0.2, -0.15) is 11.8 Å². The number of aliphatic carboxylic acids is 1. The molecule has 20 heavy (non-hydrogen) atoms. The zero-order valence-electron chi connectivity index (χ0n) is 12.2. The molecule has 1 fully saturated rings. The number of thioether (sulfide) groups is 1. The quantitative estimate of drug-likeness (QED) is 0.901. The molecule has 1 aromatic rings. The SMILES string of the molecule is Cc1ccccc1N(CCC(=O)O)C1CCCSC1C. The highest BCUT2D eigenvalue weighted by atomic mass is 32.2. The molecule has 1 aromatic carbocycles. The van der Waals surface area contributed by atoms with Crippen LogP contribution in [0.15, 0.2) is 24.3 Å². The lowest BCUT2D eigenvalue weighted by atomic mass is 10.0. The fourth-order valence-corrected chi connectivity index (χ4v) is 4.09. The third-order valence-corrected chi connectivity index (χ3v) is 5.32. The van der Waals surface area contributed by atoms with Crippen molar-refractivity contribution in [2.45, 2.75) is 44.4 Å². The van der Waals surface area contributed by atoms with Gasteiger partial charge in [0.1, 0.15) is 0 Å². The van der Waals surface area contributed by atoms with E-state index < -0.39 is 5.97 Å². The molecule has 0 aromatic heterocycles. The van der Waals surface area contributed by atoms with E-state index in [1.165, 1.54) is 23.4 Å². The van der Waals surface area contributed by atoms with Crippen LogP contribution in [-0.2, 0) is 4.79 Å². The Kier molecular flexibility index (Phi) is 5.35. The predicted molar refractivity (Wildman–Crippen MR) is 85.7 cm³/mol. The molecular formula is C16H23NO2S. The molecule has 1 aliphatic heterocycles. The summed E-state index contributed by atoms with van der Waals surface area (Å²) in [6.45, 7) is 4.96. The van der Waals surface area contributed by atoms with Gasteiger partial charge in [-0.1, -0.05) is 25.1 Å². The number of hydrogen-bond acceptors (Lipinski definition) is 3. The van der Waals surface area contributed by atoms with Gasteiger partial charge in [0.15, 0.2) is 0 Å². The Hall–Kier alpha value is -1.16. The topological polar surface area (TPSA) is 40.5 Å². The second kappa shape index (κ2) is 7.02. The number of aryl methyl sites for hydroxylation is 1. The summed E-state index contributed by atoms with van der Waals surface area (Å²) in [5.41, 5.74) is 2.41. The van der Waals surface area contributed by atoms with Crippen molar-refractivity contribution in [3.05, 3.63) is 29.8 Å². The molecule has 1 N–H and O–H groups in total. The summed E-state index contributed by atoms with van der Waals surface area (Å²) in [6.07, 6.45) is 2.57. The van der Waals surface area contributed by atoms with Crippen LogP contribution in [0, 0.1) is 6.92 Å². The average Bonchev–Trinajstić information content (AvgIpc) is 2.42. The average molecular weight is 293 g/mol. The maximum Gasteiger partial charge on any atom is 0.305 e. The first kappa shape index (κ1) is 15.2. The number of nitrogens with zero attached hydrogens (tertiary/aromatic N) is 1. The minimum atomic E-state index is -0.723. The Labute approximate surface area is 125 Å². The lowest BCUT2D eigenvalue weighted by Gasteiger charge is -2.40. The van der Waals surface area contributed by atoms with Crippen molar-refractivity contribution in [2.24, 2.45) is 0 Å². The zero-order valence-corrected chi connectivity index (χ0v) is 13.0. The summed E-state index contributed by atoms with van der Waals surface area (Å²) in [5, 5.41) is 9.56. The molecule has 4 heteroatoms.